The fraction of sp³-hybridized carbons (Fsp3) is 0.200. The number of aromatic nitrogens is 1. The Balaban J connectivity index is 1.48. The van der Waals surface area contributed by atoms with E-state index >= 15 is 0 Å². The minimum absolute atomic E-state index is 0.0432. The lowest BCUT2D eigenvalue weighted by Gasteiger charge is -2.20. The summed E-state index contributed by atoms with van der Waals surface area (Å²) in [5.74, 6) is 0.532. The minimum Gasteiger partial charge on any atom is -0.497 e. The Morgan fingerprint density at radius 2 is 1.97 bits per heavy atom. The number of nitrogens with zero attached hydrogens (tertiary/aromatic N) is 3. The molecule has 0 atom stereocenters. The van der Waals surface area contributed by atoms with Crippen LogP contribution in [0.15, 0.2) is 71.9 Å². The van der Waals surface area contributed by atoms with Gasteiger partial charge in [-0.3, -0.25) is 14.5 Å². The van der Waals surface area contributed by atoms with Crippen LogP contribution in [0.3, 0.4) is 0 Å². The lowest BCUT2D eigenvalue weighted by Crippen LogP contribution is -2.42. The van der Waals surface area contributed by atoms with Crippen molar-refractivity contribution >= 4 is 40.6 Å². The Hall–Kier alpha value is -3.71. The van der Waals surface area contributed by atoms with Crippen LogP contribution in [0.1, 0.15) is 17.5 Å². The number of benzene rings is 2. The van der Waals surface area contributed by atoms with Gasteiger partial charge in [-0.2, -0.15) is 0 Å². The van der Waals surface area contributed by atoms with E-state index in [1.54, 1.807) is 25.4 Å². The van der Waals surface area contributed by atoms with E-state index in [9.17, 15) is 9.59 Å². The predicted molar refractivity (Wildman–Crippen MR) is 129 cm³/mol. The zero-order valence-corrected chi connectivity index (χ0v) is 18.9. The maximum atomic E-state index is 13.2. The van der Waals surface area contributed by atoms with Gasteiger partial charge < -0.3 is 10.1 Å². The molecule has 0 bridgehead atoms. The number of pyridine rings is 1. The Kier molecular flexibility index (Phi) is 7.00. The van der Waals surface area contributed by atoms with Crippen molar-refractivity contribution in [1.29, 1.82) is 0 Å². The van der Waals surface area contributed by atoms with Crippen molar-refractivity contribution in [1.82, 2.24) is 10.3 Å². The van der Waals surface area contributed by atoms with Gasteiger partial charge >= 0.3 is 0 Å². The van der Waals surface area contributed by atoms with E-state index in [4.69, 9.17) is 21.3 Å². The summed E-state index contributed by atoms with van der Waals surface area (Å²) in [6.45, 7) is 0.313. The molecule has 4 rings (SSSR count). The Morgan fingerprint density at radius 1 is 1.15 bits per heavy atom. The fourth-order valence-electron chi connectivity index (χ4n) is 3.55. The third kappa shape index (κ3) is 5.56. The number of hydrogen-bond acceptors (Lipinski definition) is 5. The molecule has 2 aromatic carbocycles. The van der Waals surface area contributed by atoms with E-state index in [0.29, 0.717) is 41.0 Å². The highest BCUT2D eigenvalue weighted by molar-refractivity contribution is 6.30. The number of carbonyl (C=O) groups is 2. The zero-order valence-electron chi connectivity index (χ0n) is 18.1. The number of aliphatic imine (C=N–C) groups is 1. The molecule has 0 radical (unpaired) electrons. The molecule has 33 heavy (non-hydrogen) atoms. The zero-order chi connectivity index (χ0) is 23.2. The summed E-state index contributed by atoms with van der Waals surface area (Å²) < 4.78 is 5.30. The highest BCUT2D eigenvalue weighted by Gasteiger charge is 2.27. The van der Waals surface area contributed by atoms with E-state index in [2.05, 4.69) is 10.3 Å². The van der Waals surface area contributed by atoms with Gasteiger partial charge in [0.15, 0.2) is 5.82 Å². The number of amides is 2. The van der Waals surface area contributed by atoms with Gasteiger partial charge in [0.1, 0.15) is 18.0 Å². The molecule has 7 nitrogen and oxygen atoms in total. The van der Waals surface area contributed by atoms with Crippen molar-refractivity contribution in [2.24, 2.45) is 4.99 Å². The van der Waals surface area contributed by atoms with Crippen molar-refractivity contribution in [3.8, 4) is 5.75 Å². The van der Waals surface area contributed by atoms with Crippen LogP contribution in [0.5, 0.6) is 5.75 Å². The smallest absolute Gasteiger partial charge is 0.240 e. The van der Waals surface area contributed by atoms with Crippen molar-refractivity contribution in [3.63, 3.8) is 0 Å². The first kappa shape index (κ1) is 22.5. The number of nitrogens with one attached hydrogen (secondary N) is 1. The minimum atomic E-state index is -0.265. The third-order valence-corrected chi connectivity index (χ3v) is 5.50. The molecule has 0 fully saturated rings. The van der Waals surface area contributed by atoms with Gasteiger partial charge in [0.25, 0.3) is 0 Å². The van der Waals surface area contributed by atoms with Gasteiger partial charge in [0, 0.05) is 23.3 Å². The molecule has 0 saturated heterocycles. The number of anilines is 1. The molecule has 1 aliphatic rings. The van der Waals surface area contributed by atoms with Crippen LogP contribution in [-0.2, 0) is 16.0 Å². The van der Waals surface area contributed by atoms with Crippen molar-refractivity contribution in [3.05, 3.63) is 83.0 Å². The molecule has 1 aromatic heterocycles. The standard InChI is InChI=1S/C25H23ClN4O3/c1-33-20-5-2-4-18(14-20)22-15-24(32)30(25-21(29-22)6-3-12-28-25)16-23(31)27-13-11-17-7-9-19(26)10-8-17/h2-10,12,14H,11,13,15-16H2,1H3,(H,27,31). The maximum Gasteiger partial charge on any atom is 0.240 e. The molecular formula is C25H23ClN4O3. The third-order valence-electron chi connectivity index (χ3n) is 5.25. The number of rotatable bonds is 7. The van der Waals surface area contributed by atoms with Gasteiger partial charge in [-0.1, -0.05) is 35.9 Å². The summed E-state index contributed by atoms with van der Waals surface area (Å²) in [7, 11) is 1.59. The fourth-order valence-corrected chi connectivity index (χ4v) is 3.68. The summed E-state index contributed by atoms with van der Waals surface area (Å²) in [6.07, 6.45) is 2.29. The number of methoxy groups -OCH3 is 1. The average molecular weight is 463 g/mol. The normalized spacial score (nSPS) is 13.1. The summed E-state index contributed by atoms with van der Waals surface area (Å²) in [5.41, 5.74) is 2.98. The van der Waals surface area contributed by atoms with E-state index < -0.39 is 0 Å². The van der Waals surface area contributed by atoms with E-state index in [-0.39, 0.29) is 24.8 Å². The number of halogens is 1. The average Bonchev–Trinajstić information content (AvgIpc) is 2.97. The monoisotopic (exact) mass is 462 g/mol. The second-order valence-corrected chi connectivity index (χ2v) is 7.96. The Morgan fingerprint density at radius 3 is 2.76 bits per heavy atom. The molecule has 1 aliphatic heterocycles. The lowest BCUT2D eigenvalue weighted by atomic mass is 10.1. The first-order valence-corrected chi connectivity index (χ1v) is 10.9. The van der Waals surface area contributed by atoms with Gasteiger partial charge in [-0.05, 0) is 48.4 Å². The molecule has 2 heterocycles. The number of carbonyl (C=O) groups excluding carboxylic acids is 2. The highest BCUT2D eigenvalue weighted by Crippen LogP contribution is 2.31. The van der Waals surface area contributed by atoms with E-state index in [1.807, 2.05) is 48.5 Å². The number of ether oxygens (including phenoxy) is 1. The van der Waals surface area contributed by atoms with Crippen molar-refractivity contribution < 1.29 is 14.3 Å². The molecule has 168 valence electrons. The predicted octanol–water partition coefficient (Wildman–Crippen LogP) is 3.96. The lowest BCUT2D eigenvalue weighted by molar-refractivity contribution is -0.123. The van der Waals surface area contributed by atoms with Gasteiger partial charge in [-0.25, -0.2) is 9.98 Å². The van der Waals surface area contributed by atoms with Crippen LogP contribution in [0.2, 0.25) is 5.02 Å². The van der Waals surface area contributed by atoms with Crippen LogP contribution >= 0.6 is 11.6 Å². The molecule has 3 aromatic rings. The highest BCUT2D eigenvalue weighted by atomic mass is 35.5. The van der Waals surface area contributed by atoms with Crippen molar-refractivity contribution in [2.45, 2.75) is 12.8 Å². The van der Waals surface area contributed by atoms with Gasteiger partial charge in [0.2, 0.25) is 11.8 Å². The summed E-state index contributed by atoms with van der Waals surface area (Å²) in [5, 5.41) is 3.55. The van der Waals surface area contributed by atoms with Crippen LogP contribution in [0.4, 0.5) is 11.5 Å². The molecule has 0 spiro atoms. The summed E-state index contributed by atoms with van der Waals surface area (Å²) in [4.78, 5) is 36.2. The summed E-state index contributed by atoms with van der Waals surface area (Å²) >= 11 is 5.91. The largest absolute Gasteiger partial charge is 0.497 e. The quantitative estimate of drug-likeness (QED) is 0.576. The Bertz CT molecular complexity index is 1190. The van der Waals surface area contributed by atoms with E-state index in [0.717, 1.165) is 11.1 Å². The number of fused-ring (bicyclic) bond motifs is 1. The molecule has 2 amide bonds. The molecule has 0 saturated carbocycles. The molecule has 1 N–H and O–H groups in total. The molecular weight excluding hydrogens is 440 g/mol. The number of hydrogen-bond donors (Lipinski definition) is 1. The SMILES string of the molecule is COc1cccc(C2=Nc3cccnc3N(CC(=O)NCCc3ccc(Cl)cc3)C(=O)C2)c1. The summed E-state index contributed by atoms with van der Waals surface area (Å²) in [6, 6.07) is 18.4. The molecule has 0 aliphatic carbocycles. The van der Waals surface area contributed by atoms with Crippen LogP contribution in [0.25, 0.3) is 0 Å². The van der Waals surface area contributed by atoms with Crippen LogP contribution in [0, 0.1) is 0 Å². The van der Waals surface area contributed by atoms with E-state index in [1.165, 1.54) is 4.90 Å². The maximum absolute atomic E-state index is 13.2. The molecule has 0 unspecified atom stereocenters. The van der Waals surface area contributed by atoms with Gasteiger partial charge in [0.05, 0.1) is 19.2 Å². The van der Waals surface area contributed by atoms with Crippen LogP contribution < -0.4 is 15.0 Å². The second-order valence-electron chi connectivity index (χ2n) is 7.52. The first-order valence-electron chi connectivity index (χ1n) is 10.5. The molecule has 8 heteroatoms. The Labute approximate surface area is 197 Å². The van der Waals surface area contributed by atoms with Gasteiger partial charge in [-0.15, -0.1) is 0 Å². The van der Waals surface area contributed by atoms with Crippen molar-refractivity contribution in [2.75, 3.05) is 25.1 Å². The first-order chi connectivity index (χ1) is 16.0. The second kappa shape index (κ2) is 10.3. The topological polar surface area (TPSA) is 83.9 Å². The van der Waals surface area contributed by atoms with Crippen LogP contribution in [-0.4, -0.2) is 42.7 Å².